The molecule has 2 rings (SSSR count). The van der Waals surface area contributed by atoms with Crippen LogP contribution in [0.4, 0.5) is 0 Å². The molecule has 0 bridgehead atoms. The van der Waals surface area contributed by atoms with Crippen LogP contribution >= 0.6 is 0 Å². The Labute approximate surface area is 120 Å². The average molecular weight is 274 g/mol. The Hall–Kier alpha value is -1.77. The van der Waals surface area contributed by atoms with E-state index in [0.29, 0.717) is 6.61 Å². The van der Waals surface area contributed by atoms with Gasteiger partial charge in [0, 0.05) is 12.0 Å². The maximum absolute atomic E-state index is 12.1. The van der Waals surface area contributed by atoms with E-state index < -0.39 is 0 Å². The minimum atomic E-state index is -0.303. The van der Waals surface area contributed by atoms with Crippen molar-refractivity contribution in [1.29, 1.82) is 0 Å². The van der Waals surface area contributed by atoms with Crippen molar-refractivity contribution in [3.8, 4) is 0 Å². The first-order valence-electron chi connectivity index (χ1n) is 7.16. The van der Waals surface area contributed by atoms with Crippen molar-refractivity contribution in [2.24, 2.45) is 0 Å². The number of esters is 1. The highest BCUT2D eigenvalue weighted by Crippen LogP contribution is 2.35. The zero-order valence-electron chi connectivity index (χ0n) is 12.4. The van der Waals surface area contributed by atoms with Crippen molar-refractivity contribution in [2.45, 2.75) is 39.0 Å². The highest BCUT2D eigenvalue weighted by Gasteiger charge is 2.35. The standard InChI is InChI=1S/C17H22O3/c1-4-5-6-15(19-3)14-11-20-17(18)16(14)13-9-7-12(2)8-10-13/h7-10,16H,4-6,11H2,1-3H3/b15-14+. The van der Waals surface area contributed by atoms with Crippen LogP contribution in [0.15, 0.2) is 35.6 Å². The van der Waals surface area contributed by atoms with Crippen LogP contribution in [-0.2, 0) is 14.3 Å². The number of aryl methyl sites for hydroxylation is 1. The van der Waals surface area contributed by atoms with Gasteiger partial charge in [-0.1, -0.05) is 43.2 Å². The third kappa shape index (κ3) is 3.03. The van der Waals surface area contributed by atoms with Crippen LogP contribution in [0.1, 0.15) is 43.2 Å². The molecule has 0 N–H and O–H groups in total. The highest BCUT2D eigenvalue weighted by atomic mass is 16.5. The van der Waals surface area contributed by atoms with Gasteiger partial charge < -0.3 is 9.47 Å². The monoisotopic (exact) mass is 274 g/mol. The Morgan fingerprint density at radius 1 is 1.35 bits per heavy atom. The molecular weight excluding hydrogens is 252 g/mol. The van der Waals surface area contributed by atoms with Gasteiger partial charge in [0.15, 0.2) is 0 Å². The van der Waals surface area contributed by atoms with Gasteiger partial charge in [-0.05, 0) is 18.9 Å². The van der Waals surface area contributed by atoms with E-state index in [4.69, 9.17) is 9.47 Å². The van der Waals surface area contributed by atoms with E-state index in [9.17, 15) is 4.79 Å². The predicted molar refractivity (Wildman–Crippen MR) is 78.4 cm³/mol. The van der Waals surface area contributed by atoms with Crippen LogP contribution < -0.4 is 0 Å². The second-order valence-corrected chi connectivity index (χ2v) is 5.21. The second-order valence-electron chi connectivity index (χ2n) is 5.21. The lowest BCUT2D eigenvalue weighted by Gasteiger charge is -2.14. The lowest BCUT2D eigenvalue weighted by atomic mass is 9.91. The normalized spacial score (nSPS) is 20.8. The zero-order chi connectivity index (χ0) is 14.5. The van der Waals surface area contributed by atoms with E-state index in [1.165, 1.54) is 5.56 Å². The quantitative estimate of drug-likeness (QED) is 0.606. The number of ether oxygens (including phenoxy) is 2. The van der Waals surface area contributed by atoms with Crippen LogP contribution in [0.25, 0.3) is 0 Å². The second kappa shape index (κ2) is 6.60. The average Bonchev–Trinajstić information content (AvgIpc) is 2.83. The number of hydrogen-bond donors (Lipinski definition) is 0. The fourth-order valence-corrected chi connectivity index (χ4v) is 2.53. The van der Waals surface area contributed by atoms with Gasteiger partial charge in [0.2, 0.25) is 0 Å². The smallest absolute Gasteiger partial charge is 0.318 e. The van der Waals surface area contributed by atoms with Crippen LogP contribution in [0.3, 0.4) is 0 Å². The Morgan fingerprint density at radius 2 is 2.05 bits per heavy atom. The minimum absolute atomic E-state index is 0.171. The first-order valence-corrected chi connectivity index (χ1v) is 7.16. The molecule has 0 saturated carbocycles. The summed E-state index contributed by atoms with van der Waals surface area (Å²) in [5.41, 5.74) is 3.15. The van der Waals surface area contributed by atoms with Gasteiger partial charge in [-0.2, -0.15) is 0 Å². The summed E-state index contributed by atoms with van der Waals surface area (Å²) in [4.78, 5) is 12.1. The molecule has 1 aromatic rings. The largest absolute Gasteiger partial charge is 0.501 e. The van der Waals surface area contributed by atoms with E-state index in [2.05, 4.69) is 6.92 Å². The third-order valence-corrected chi connectivity index (χ3v) is 3.73. The van der Waals surface area contributed by atoms with Crippen molar-refractivity contribution in [3.63, 3.8) is 0 Å². The van der Waals surface area contributed by atoms with Gasteiger partial charge in [-0.25, -0.2) is 0 Å². The molecule has 1 unspecified atom stereocenters. The number of carbonyl (C=O) groups is 1. The molecule has 1 saturated heterocycles. The molecule has 1 atom stereocenters. The molecule has 1 aliphatic rings. The molecule has 1 aromatic carbocycles. The molecule has 1 heterocycles. The Balaban J connectivity index is 2.34. The number of cyclic esters (lactones) is 1. The van der Waals surface area contributed by atoms with E-state index in [0.717, 1.165) is 36.2 Å². The van der Waals surface area contributed by atoms with Gasteiger partial charge in [-0.15, -0.1) is 0 Å². The van der Waals surface area contributed by atoms with Crippen molar-refractivity contribution < 1.29 is 14.3 Å². The van der Waals surface area contributed by atoms with Gasteiger partial charge in [0.1, 0.15) is 12.5 Å². The molecule has 1 fully saturated rings. The third-order valence-electron chi connectivity index (χ3n) is 3.73. The molecule has 3 heteroatoms. The predicted octanol–water partition coefficient (Wildman–Crippen LogP) is 3.73. The molecule has 0 aromatic heterocycles. The van der Waals surface area contributed by atoms with E-state index >= 15 is 0 Å². The van der Waals surface area contributed by atoms with Crippen LogP contribution in [0.2, 0.25) is 0 Å². The van der Waals surface area contributed by atoms with Crippen molar-refractivity contribution in [3.05, 3.63) is 46.7 Å². The number of allylic oxidation sites excluding steroid dienone is 1. The molecule has 1 aliphatic heterocycles. The Morgan fingerprint density at radius 3 is 2.65 bits per heavy atom. The fourth-order valence-electron chi connectivity index (χ4n) is 2.53. The summed E-state index contributed by atoms with van der Waals surface area (Å²) in [6, 6.07) is 8.05. The van der Waals surface area contributed by atoms with Gasteiger partial charge >= 0.3 is 5.97 Å². The Kier molecular flexibility index (Phi) is 4.83. The first kappa shape index (κ1) is 14.6. The minimum Gasteiger partial charge on any atom is -0.501 e. The highest BCUT2D eigenvalue weighted by molar-refractivity contribution is 5.85. The summed E-state index contributed by atoms with van der Waals surface area (Å²) in [5.74, 6) is 0.431. The molecule has 108 valence electrons. The number of carbonyl (C=O) groups excluding carboxylic acids is 1. The molecule has 0 aliphatic carbocycles. The molecular formula is C17H22O3. The number of unbranched alkanes of at least 4 members (excludes halogenated alkanes) is 1. The van der Waals surface area contributed by atoms with Crippen LogP contribution in [-0.4, -0.2) is 19.7 Å². The van der Waals surface area contributed by atoms with E-state index in [-0.39, 0.29) is 11.9 Å². The van der Waals surface area contributed by atoms with Gasteiger partial charge in [0.05, 0.1) is 12.9 Å². The number of rotatable bonds is 5. The van der Waals surface area contributed by atoms with Crippen LogP contribution in [0, 0.1) is 6.92 Å². The lowest BCUT2D eigenvalue weighted by Crippen LogP contribution is -2.09. The van der Waals surface area contributed by atoms with Gasteiger partial charge in [-0.3, -0.25) is 4.79 Å². The van der Waals surface area contributed by atoms with Crippen molar-refractivity contribution in [1.82, 2.24) is 0 Å². The number of hydrogen-bond acceptors (Lipinski definition) is 3. The van der Waals surface area contributed by atoms with Crippen molar-refractivity contribution in [2.75, 3.05) is 13.7 Å². The van der Waals surface area contributed by atoms with Gasteiger partial charge in [0.25, 0.3) is 0 Å². The topological polar surface area (TPSA) is 35.5 Å². The Bertz CT molecular complexity index is 499. The summed E-state index contributed by atoms with van der Waals surface area (Å²) < 4.78 is 10.8. The SMILES string of the molecule is CCCC/C(OC)=C1/COC(=O)C1c1ccc(C)cc1. The van der Waals surface area contributed by atoms with E-state index in [1.54, 1.807) is 7.11 Å². The first-order chi connectivity index (χ1) is 9.67. The summed E-state index contributed by atoms with van der Waals surface area (Å²) in [7, 11) is 1.67. The zero-order valence-corrected chi connectivity index (χ0v) is 12.4. The summed E-state index contributed by atoms with van der Waals surface area (Å²) >= 11 is 0. The number of methoxy groups -OCH3 is 1. The molecule has 20 heavy (non-hydrogen) atoms. The number of benzene rings is 1. The van der Waals surface area contributed by atoms with Crippen molar-refractivity contribution >= 4 is 5.97 Å². The summed E-state index contributed by atoms with van der Waals surface area (Å²) in [5, 5.41) is 0. The van der Waals surface area contributed by atoms with E-state index in [1.807, 2.05) is 31.2 Å². The fraction of sp³-hybridized carbons (Fsp3) is 0.471. The maximum Gasteiger partial charge on any atom is 0.318 e. The summed E-state index contributed by atoms with van der Waals surface area (Å²) in [6.45, 7) is 4.53. The van der Waals surface area contributed by atoms with Crippen LogP contribution in [0.5, 0.6) is 0 Å². The molecule has 0 amide bonds. The molecule has 0 spiro atoms. The lowest BCUT2D eigenvalue weighted by molar-refractivity contribution is -0.139. The summed E-state index contributed by atoms with van der Waals surface area (Å²) in [6.07, 6.45) is 3.02. The maximum atomic E-state index is 12.1. The molecule has 0 radical (unpaired) electrons. The molecule has 3 nitrogen and oxygen atoms in total.